The smallest absolute Gasteiger partial charge is 0.220 e. The van der Waals surface area contributed by atoms with E-state index in [1.54, 1.807) is 0 Å². The lowest BCUT2D eigenvalue weighted by Gasteiger charge is -2.08. The number of amides is 1. The molecule has 0 aliphatic rings. The fraction of sp³-hybridized carbons (Fsp3) is 0.417. The summed E-state index contributed by atoms with van der Waals surface area (Å²) in [5.41, 5.74) is 0. The molecule has 0 unspecified atom stereocenters. The number of para-hydroxylation sites is 1. The van der Waals surface area contributed by atoms with Crippen molar-refractivity contribution in [3.63, 3.8) is 0 Å². The van der Waals surface area contributed by atoms with Crippen molar-refractivity contribution in [1.29, 1.82) is 0 Å². The van der Waals surface area contributed by atoms with Crippen LogP contribution in [0.5, 0.6) is 5.75 Å². The molecule has 1 N–H and O–H groups in total. The predicted octanol–water partition coefficient (Wildman–Crippen LogP) is 2.74. The van der Waals surface area contributed by atoms with E-state index in [2.05, 4.69) is 21.2 Å². The fourth-order valence-corrected chi connectivity index (χ4v) is 1.63. The van der Waals surface area contributed by atoms with Crippen molar-refractivity contribution >= 4 is 21.8 Å². The van der Waals surface area contributed by atoms with E-state index in [1.165, 1.54) is 0 Å². The van der Waals surface area contributed by atoms with Crippen LogP contribution in [-0.2, 0) is 4.79 Å². The van der Waals surface area contributed by atoms with Gasteiger partial charge in [-0.25, -0.2) is 0 Å². The Morgan fingerprint density at radius 1 is 1.44 bits per heavy atom. The largest absolute Gasteiger partial charge is 0.491 e. The van der Waals surface area contributed by atoms with Crippen LogP contribution in [0.1, 0.15) is 19.8 Å². The number of ether oxygens (including phenoxy) is 1. The zero-order chi connectivity index (χ0) is 11.8. The van der Waals surface area contributed by atoms with E-state index in [0.717, 1.165) is 16.6 Å². The monoisotopic (exact) mass is 285 g/mol. The quantitative estimate of drug-likeness (QED) is 0.817. The van der Waals surface area contributed by atoms with Crippen LogP contribution in [-0.4, -0.2) is 19.1 Å². The molecule has 0 spiro atoms. The van der Waals surface area contributed by atoms with Crippen LogP contribution in [0.4, 0.5) is 0 Å². The van der Waals surface area contributed by atoms with Crippen molar-refractivity contribution in [3.05, 3.63) is 28.7 Å². The zero-order valence-electron chi connectivity index (χ0n) is 9.33. The number of benzene rings is 1. The molecule has 0 radical (unpaired) electrons. The zero-order valence-corrected chi connectivity index (χ0v) is 10.9. The molecular formula is C12H16BrNO2. The summed E-state index contributed by atoms with van der Waals surface area (Å²) in [4.78, 5) is 11.1. The first-order valence-corrected chi connectivity index (χ1v) is 6.17. The summed E-state index contributed by atoms with van der Waals surface area (Å²) in [6.07, 6.45) is 1.45. The number of carbonyl (C=O) groups is 1. The lowest BCUT2D eigenvalue weighted by Crippen LogP contribution is -2.27. The van der Waals surface area contributed by atoms with E-state index in [9.17, 15) is 4.79 Å². The minimum atomic E-state index is 0.0817. The molecule has 0 saturated carbocycles. The summed E-state index contributed by atoms with van der Waals surface area (Å²) in [7, 11) is 0. The summed E-state index contributed by atoms with van der Waals surface area (Å²) in [5, 5.41) is 2.79. The van der Waals surface area contributed by atoms with Crippen molar-refractivity contribution < 1.29 is 9.53 Å². The summed E-state index contributed by atoms with van der Waals surface area (Å²) >= 11 is 3.39. The highest BCUT2D eigenvalue weighted by Gasteiger charge is 2.00. The number of nitrogens with one attached hydrogen (secondary N) is 1. The van der Waals surface area contributed by atoms with Gasteiger partial charge in [0.2, 0.25) is 5.91 Å². The Hall–Kier alpha value is -1.03. The Morgan fingerprint density at radius 2 is 2.19 bits per heavy atom. The van der Waals surface area contributed by atoms with Gasteiger partial charge in [0.1, 0.15) is 12.4 Å². The first kappa shape index (κ1) is 13.0. The van der Waals surface area contributed by atoms with Gasteiger partial charge >= 0.3 is 0 Å². The van der Waals surface area contributed by atoms with Gasteiger partial charge in [0, 0.05) is 6.42 Å². The van der Waals surface area contributed by atoms with Gasteiger partial charge in [0.15, 0.2) is 0 Å². The SMILES string of the molecule is CCCC(=O)NCCOc1ccccc1Br. The molecule has 4 heteroatoms. The van der Waals surface area contributed by atoms with Gasteiger partial charge in [-0.2, -0.15) is 0 Å². The number of carbonyl (C=O) groups excluding carboxylic acids is 1. The standard InChI is InChI=1S/C12H16BrNO2/c1-2-5-12(15)14-8-9-16-11-7-4-3-6-10(11)13/h3-4,6-7H,2,5,8-9H2,1H3,(H,14,15). The third-order valence-electron chi connectivity index (χ3n) is 2.00. The minimum Gasteiger partial charge on any atom is -0.491 e. The van der Waals surface area contributed by atoms with E-state index in [1.807, 2.05) is 31.2 Å². The summed E-state index contributed by atoms with van der Waals surface area (Å²) in [6, 6.07) is 7.65. The average molecular weight is 286 g/mol. The highest BCUT2D eigenvalue weighted by atomic mass is 79.9. The maximum Gasteiger partial charge on any atom is 0.220 e. The van der Waals surface area contributed by atoms with Crippen LogP contribution in [0, 0.1) is 0 Å². The molecular weight excluding hydrogens is 270 g/mol. The normalized spacial score (nSPS) is 9.88. The van der Waals surface area contributed by atoms with Gasteiger partial charge in [-0.3, -0.25) is 4.79 Å². The lowest BCUT2D eigenvalue weighted by molar-refractivity contribution is -0.121. The van der Waals surface area contributed by atoms with Crippen molar-refractivity contribution in [2.45, 2.75) is 19.8 Å². The molecule has 88 valence electrons. The highest BCUT2D eigenvalue weighted by molar-refractivity contribution is 9.10. The lowest BCUT2D eigenvalue weighted by atomic mass is 10.3. The second kappa shape index (κ2) is 7.28. The predicted molar refractivity (Wildman–Crippen MR) is 67.6 cm³/mol. The first-order chi connectivity index (χ1) is 7.74. The van der Waals surface area contributed by atoms with Crippen LogP contribution in [0.2, 0.25) is 0 Å². The molecule has 3 nitrogen and oxygen atoms in total. The third-order valence-corrected chi connectivity index (χ3v) is 2.65. The second-order valence-corrected chi connectivity index (χ2v) is 4.23. The molecule has 0 atom stereocenters. The summed E-state index contributed by atoms with van der Waals surface area (Å²) in [6.45, 7) is 3.01. The van der Waals surface area contributed by atoms with Crippen LogP contribution < -0.4 is 10.1 Å². The molecule has 0 heterocycles. The summed E-state index contributed by atoms with van der Waals surface area (Å²) < 4.78 is 6.43. The third kappa shape index (κ3) is 4.66. The molecule has 1 rings (SSSR count). The van der Waals surface area contributed by atoms with E-state index in [-0.39, 0.29) is 5.91 Å². The maximum absolute atomic E-state index is 11.1. The molecule has 0 fully saturated rings. The Labute approximate surface area is 104 Å². The first-order valence-electron chi connectivity index (χ1n) is 5.38. The Balaban J connectivity index is 2.21. The number of hydrogen-bond donors (Lipinski definition) is 1. The van der Waals surface area contributed by atoms with Crippen LogP contribution in [0.25, 0.3) is 0 Å². The topological polar surface area (TPSA) is 38.3 Å². The molecule has 0 aliphatic carbocycles. The minimum absolute atomic E-state index is 0.0817. The molecule has 0 saturated heterocycles. The van der Waals surface area contributed by atoms with E-state index in [0.29, 0.717) is 19.6 Å². The van der Waals surface area contributed by atoms with E-state index in [4.69, 9.17) is 4.74 Å². The molecule has 0 aromatic heterocycles. The molecule has 0 bridgehead atoms. The fourth-order valence-electron chi connectivity index (χ4n) is 1.23. The number of hydrogen-bond acceptors (Lipinski definition) is 2. The van der Waals surface area contributed by atoms with Gasteiger partial charge in [-0.1, -0.05) is 19.1 Å². The van der Waals surface area contributed by atoms with Crippen LogP contribution in [0.15, 0.2) is 28.7 Å². The Morgan fingerprint density at radius 3 is 2.88 bits per heavy atom. The van der Waals surface area contributed by atoms with Crippen molar-refractivity contribution in [3.8, 4) is 5.75 Å². The molecule has 1 aromatic rings. The van der Waals surface area contributed by atoms with Gasteiger partial charge in [-0.15, -0.1) is 0 Å². The Bertz CT molecular complexity index is 342. The van der Waals surface area contributed by atoms with Gasteiger partial charge < -0.3 is 10.1 Å². The van der Waals surface area contributed by atoms with Gasteiger partial charge in [0.25, 0.3) is 0 Å². The van der Waals surface area contributed by atoms with Crippen molar-refractivity contribution in [1.82, 2.24) is 5.32 Å². The van der Waals surface area contributed by atoms with Crippen molar-refractivity contribution in [2.75, 3.05) is 13.2 Å². The van der Waals surface area contributed by atoms with E-state index >= 15 is 0 Å². The average Bonchev–Trinajstić information content (AvgIpc) is 2.27. The van der Waals surface area contributed by atoms with Crippen LogP contribution in [0.3, 0.4) is 0 Å². The Kier molecular flexibility index (Phi) is 5.93. The summed E-state index contributed by atoms with van der Waals surface area (Å²) in [5.74, 6) is 0.880. The second-order valence-electron chi connectivity index (χ2n) is 3.38. The highest BCUT2D eigenvalue weighted by Crippen LogP contribution is 2.23. The van der Waals surface area contributed by atoms with Crippen LogP contribution >= 0.6 is 15.9 Å². The maximum atomic E-state index is 11.1. The van der Waals surface area contributed by atoms with Gasteiger partial charge in [0.05, 0.1) is 11.0 Å². The van der Waals surface area contributed by atoms with E-state index < -0.39 is 0 Å². The van der Waals surface area contributed by atoms with Gasteiger partial charge in [-0.05, 0) is 34.5 Å². The number of halogens is 1. The molecule has 0 aliphatic heterocycles. The molecule has 1 amide bonds. The van der Waals surface area contributed by atoms with Crippen molar-refractivity contribution in [2.24, 2.45) is 0 Å². The number of rotatable bonds is 6. The molecule has 16 heavy (non-hydrogen) atoms. The molecule has 1 aromatic carbocycles.